The molecule has 0 aromatic heterocycles. The van der Waals surface area contributed by atoms with Crippen molar-refractivity contribution in [1.82, 2.24) is 0 Å². The topological polar surface area (TPSA) is 36.2 Å². The summed E-state index contributed by atoms with van der Waals surface area (Å²) >= 11 is 0. The van der Waals surface area contributed by atoms with E-state index < -0.39 is 0 Å². The minimum atomic E-state index is 0.877. The molecule has 2 rings (SSSR count). The molecule has 0 spiro atoms. The van der Waals surface area contributed by atoms with Crippen molar-refractivity contribution in [2.45, 2.75) is 0 Å². The van der Waals surface area contributed by atoms with E-state index in [-0.39, 0.29) is 0 Å². The van der Waals surface area contributed by atoms with Crippen molar-refractivity contribution in [2.75, 3.05) is 0 Å². The second-order valence-corrected chi connectivity index (χ2v) is 3.37. The van der Waals surface area contributed by atoms with Crippen LogP contribution in [0.15, 0.2) is 59.6 Å². The summed E-state index contributed by atoms with van der Waals surface area (Å²) in [7, 11) is 0. The SMILES string of the molecule is N=Cc1ccccc1C=Nc1ccccc1. The molecule has 0 fully saturated rings. The first-order chi connectivity index (χ1) is 7.90. The Labute approximate surface area is 94.8 Å². The monoisotopic (exact) mass is 208 g/mol. The summed E-state index contributed by atoms with van der Waals surface area (Å²) in [6, 6.07) is 17.5. The summed E-state index contributed by atoms with van der Waals surface area (Å²) in [4.78, 5) is 4.36. The van der Waals surface area contributed by atoms with Crippen molar-refractivity contribution in [1.29, 1.82) is 5.41 Å². The molecule has 0 aliphatic heterocycles. The lowest BCUT2D eigenvalue weighted by Crippen LogP contribution is -1.89. The average Bonchev–Trinajstić information content (AvgIpc) is 2.38. The lowest BCUT2D eigenvalue weighted by atomic mass is 10.1. The second-order valence-electron chi connectivity index (χ2n) is 3.37. The maximum Gasteiger partial charge on any atom is 0.0629 e. The summed E-state index contributed by atoms with van der Waals surface area (Å²) in [5.74, 6) is 0. The largest absolute Gasteiger partial charge is 0.308 e. The molecule has 2 aromatic rings. The van der Waals surface area contributed by atoms with Crippen molar-refractivity contribution in [2.24, 2.45) is 4.99 Å². The molecule has 0 saturated heterocycles. The number of hydrogen-bond acceptors (Lipinski definition) is 2. The van der Waals surface area contributed by atoms with Gasteiger partial charge in [0, 0.05) is 23.6 Å². The van der Waals surface area contributed by atoms with E-state index in [1.54, 1.807) is 6.21 Å². The summed E-state index contributed by atoms with van der Waals surface area (Å²) in [5, 5.41) is 7.28. The maximum absolute atomic E-state index is 7.28. The highest BCUT2D eigenvalue weighted by atomic mass is 14.7. The van der Waals surface area contributed by atoms with Gasteiger partial charge in [0.15, 0.2) is 0 Å². The van der Waals surface area contributed by atoms with Gasteiger partial charge in [-0.1, -0.05) is 42.5 Å². The van der Waals surface area contributed by atoms with Crippen LogP contribution in [-0.2, 0) is 0 Å². The van der Waals surface area contributed by atoms with Crippen LogP contribution in [0.5, 0.6) is 0 Å². The smallest absolute Gasteiger partial charge is 0.0629 e. The highest BCUT2D eigenvalue weighted by molar-refractivity contribution is 5.93. The number of nitrogens with zero attached hydrogens (tertiary/aromatic N) is 1. The van der Waals surface area contributed by atoms with Gasteiger partial charge in [0.05, 0.1) is 5.69 Å². The quantitative estimate of drug-likeness (QED) is 0.750. The highest BCUT2D eigenvalue weighted by Gasteiger charge is 1.94. The number of rotatable bonds is 3. The van der Waals surface area contributed by atoms with Gasteiger partial charge >= 0.3 is 0 Å². The Morgan fingerprint density at radius 3 is 2.12 bits per heavy atom. The molecule has 0 aliphatic carbocycles. The molecular formula is C14H12N2. The molecule has 0 unspecified atom stereocenters. The molecular weight excluding hydrogens is 196 g/mol. The van der Waals surface area contributed by atoms with Crippen LogP contribution in [0.3, 0.4) is 0 Å². The molecule has 1 N–H and O–H groups in total. The van der Waals surface area contributed by atoms with Gasteiger partial charge in [0.2, 0.25) is 0 Å². The number of nitrogens with one attached hydrogen (secondary N) is 1. The molecule has 0 heterocycles. The number of aliphatic imine (C=N–C) groups is 1. The van der Waals surface area contributed by atoms with Gasteiger partial charge < -0.3 is 5.41 Å². The van der Waals surface area contributed by atoms with Crippen LogP contribution >= 0.6 is 0 Å². The molecule has 0 bridgehead atoms. The first-order valence-corrected chi connectivity index (χ1v) is 5.09. The second kappa shape index (κ2) is 5.03. The summed E-state index contributed by atoms with van der Waals surface area (Å²) in [5.41, 5.74) is 2.76. The fourth-order valence-corrected chi connectivity index (χ4v) is 1.42. The van der Waals surface area contributed by atoms with Gasteiger partial charge in [0.25, 0.3) is 0 Å². The van der Waals surface area contributed by atoms with Gasteiger partial charge in [-0.15, -0.1) is 0 Å². The summed E-state index contributed by atoms with van der Waals surface area (Å²) in [6.07, 6.45) is 3.13. The Morgan fingerprint density at radius 1 is 0.812 bits per heavy atom. The Balaban J connectivity index is 2.27. The van der Waals surface area contributed by atoms with Crippen LogP contribution in [0.25, 0.3) is 0 Å². The third-order valence-electron chi connectivity index (χ3n) is 2.26. The number of hydrogen-bond donors (Lipinski definition) is 1. The van der Waals surface area contributed by atoms with E-state index in [1.807, 2.05) is 54.6 Å². The highest BCUT2D eigenvalue weighted by Crippen LogP contribution is 2.11. The standard InChI is InChI=1S/C14H12N2/c15-10-12-6-4-5-7-13(12)11-16-14-8-2-1-3-9-14/h1-11,15H. The summed E-state index contributed by atoms with van der Waals surface area (Å²) < 4.78 is 0. The molecule has 0 amide bonds. The lowest BCUT2D eigenvalue weighted by Gasteiger charge is -1.98. The molecule has 0 aliphatic rings. The molecule has 0 atom stereocenters. The van der Waals surface area contributed by atoms with Crippen LogP contribution in [0, 0.1) is 5.41 Å². The van der Waals surface area contributed by atoms with Crippen LogP contribution in [0.1, 0.15) is 11.1 Å². The zero-order chi connectivity index (χ0) is 11.2. The number of benzene rings is 2. The van der Waals surface area contributed by atoms with Crippen LogP contribution < -0.4 is 0 Å². The van der Waals surface area contributed by atoms with Gasteiger partial charge in [-0.25, -0.2) is 0 Å². The average molecular weight is 208 g/mol. The van der Waals surface area contributed by atoms with E-state index in [0.717, 1.165) is 16.8 Å². The summed E-state index contributed by atoms with van der Waals surface area (Å²) in [6.45, 7) is 0. The molecule has 2 heteroatoms. The minimum Gasteiger partial charge on any atom is -0.308 e. The predicted molar refractivity (Wildman–Crippen MR) is 68.0 cm³/mol. The first kappa shape index (κ1) is 10.3. The lowest BCUT2D eigenvalue weighted by molar-refractivity contribution is 1.50. The molecule has 78 valence electrons. The molecule has 0 saturated carbocycles. The van der Waals surface area contributed by atoms with Crippen LogP contribution in [0.2, 0.25) is 0 Å². The maximum atomic E-state index is 7.28. The zero-order valence-corrected chi connectivity index (χ0v) is 8.80. The van der Waals surface area contributed by atoms with Gasteiger partial charge in [-0.3, -0.25) is 4.99 Å². The van der Waals surface area contributed by atoms with E-state index in [2.05, 4.69) is 4.99 Å². The molecule has 2 nitrogen and oxygen atoms in total. The minimum absolute atomic E-state index is 0.877. The Hall–Kier alpha value is -2.22. The van der Waals surface area contributed by atoms with Crippen molar-refractivity contribution in [3.05, 3.63) is 65.7 Å². The van der Waals surface area contributed by atoms with Crippen LogP contribution in [-0.4, -0.2) is 12.4 Å². The van der Waals surface area contributed by atoms with Crippen molar-refractivity contribution in [3.8, 4) is 0 Å². The van der Waals surface area contributed by atoms with E-state index in [4.69, 9.17) is 5.41 Å². The number of para-hydroxylation sites is 1. The Kier molecular flexibility index (Phi) is 3.24. The Morgan fingerprint density at radius 2 is 1.44 bits per heavy atom. The van der Waals surface area contributed by atoms with E-state index in [9.17, 15) is 0 Å². The Bertz CT molecular complexity index is 501. The van der Waals surface area contributed by atoms with Crippen LogP contribution in [0.4, 0.5) is 5.69 Å². The first-order valence-electron chi connectivity index (χ1n) is 5.09. The third-order valence-corrected chi connectivity index (χ3v) is 2.26. The van der Waals surface area contributed by atoms with Gasteiger partial charge in [0.1, 0.15) is 0 Å². The van der Waals surface area contributed by atoms with Crippen molar-refractivity contribution < 1.29 is 0 Å². The van der Waals surface area contributed by atoms with E-state index >= 15 is 0 Å². The van der Waals surface area contributed by atoms with Gasteiger partial charge in [-0.05, 0) is 12.1 Å². The third kappa shape index (κ3) is 2.42. The zero-order valence-electron chi connectivity index (χ0n) is 8.80. The van der Waals surface area contributed by atoms with E-state index in [1.165, 1.54) is 6.21 Å². The molecule has 0 radical (unpaired) electrons. The molecule has 16 heavy (non-hydrogen) atoms. The fraction of sp³-hybridized carbons (Fsp3) is 0. The fourth-order valence-electron chi connectivity index (χ4n) is 1.42. The van der Waals surface area contributed by atoms with E-state index in [0.29, 0.717) is 0 Å². The van der Waals surface area contributed by atoms with Crippen molar-refractivity contribution in [3.63, 3.8) is 0 Å². The van der Waals surface area contributed by atoms with Gasteiger partial charge in [-0.2, -0.15) is 0 Å². The normalized spacial score (nSPS) is 10.5. The predicted octanol–water partition coefficient (Wildman–Crippen LogP) is 3.43. The van der Waals surface area contributed by atoms with Crippen molar-refractivity contribution >= 4 is 18.1 Å². The molecule has 2 aromatic carbocycles.